The second-order valence-electron chi connectivity index (χ2n) is 8.40. The Bertz CT molecular complexity index is 1190. The second-order valence-corrected chi connectivity index (χ2v) is 12.0. The van der Waals surface area contributed by atoms with E-state index < -0.39 is 26.0 Å². The Hall–Kier alpha value is -2.47. The highest BCUT2D eigenvalue weighted by Crippen LogP contribution is 2.24. The SMILES string of the molecule is CCCCCCCS(=O)(=O)c1ccc(NC(=O)c2ccccc2OS(=O)(=O)N2CCNCC2)cc1. The molecule has 3 rings (SSSR count). The van der Waals surface area contributed by atoms with Gasteiger partial charge in [0, 0.05) is 31.9 Å². The summed E-state index contributed by atoms with van der Waals surface area (Å²) in [5, 5.41) is 5.75. The molecule has 1 heterocycles. The van der Waals surface area contributed by atoms with Gasteiger partial charge in [0.15, 0.2) is 15.6 Å². The lowest BCUT2D eigenvalue weighted by atomic mass is 10.2. The van der Waals surface area contributed by atoms with E-state index in [2.05, 4.69) is 17.6 Å². The molecule has 1 saturated heterocycles. The first-order valence-electron chi connectivity index (χ1n) is 11.9. The number of amides is 1. The van der Waals surface area contributed by atoms with Crippen LogP contribution in [0.5, 0.6) is 5.75 Å². The van der Waals surface area contributed by atoms with E-state index in [0.717, 1.165) is 25.7 Å². The fourth-order valence-corrected chi connectivity index (χ4v) is 6.20. The normalized spacial score (nSPS) is 15.0. The first-order chi connectivity index (χ1) is 16.7. The Morgan fingerprint density at radius 2 is 1.60 bits per heavy atom. The number of carbonyl (C=O) groups excluding carboxylic acids is 1. The molecule has 0 aromatic heterocycles. The number of anilines is 1. The second kappa shape index (κ2) is 12.5. The van der Waals surface area contributed by atoms with Crippen LogP contribution >= 0.6 is 0 Å². The fraction of sp³-hybridized carbons (Fsp3) is 0.458. The predicted molar refractivity (Wildman–Crippen MR) is 136 cm³/mol. The van der Waals surface area contributed by atoms with Gasteiger partial charge in [0.2, 0.25) is 0 Å². The van der Waals surface area contributed by atoms with Crippen LogP contribution in [0, 0.1) is 0 Å². The summed E-state index contributed by atoms with van der Waals surface area (Å²) in [6.07, 6.45) is 4.73. The first-order valence-corrected chi connectivity index (χ1v) is 14.9. The van der Waals surface area contributed by atoms with Crippen molar-refractivity contribution in [1.82, 2.24) is 9.62 Å². The Morgan fingerprint density at radius 1 is 0.943 bits per heavy atom. The number of nitrogens with zero attached hydrogens (tertiary/aromatic N) is 1. The minimum atomic E-state index is -4.05. The van der Waals surface area contributed by atoms with Crippen LogP contribution < -0.4 is 14.8 Å². The average Bonchev–Trinajstić information content (AvgIpc) is 2.85. The highest BCUT2D eigenvalue weighted by molar-refractivity contribution is 7.91. The molecule has 1 aliphatic rings. The third-order valence-corrected chi connectivity index (χ3v) is 8.91. The molecule has 0 radical (unpaired) electrons. The molecule has 2 aromatic rings. The summed E-state index contributed by atoms with van der Waals surface area (Å²) in [7, 11) is -7.44. The van der Waals surface area contributed by atoms with Crippen LogP contribution in [0.25, 0.3) is 0 Å². The molecule has 0 saturated carbocycles. The monoisotopic (exact) mass is 523 g/mol. The van der Waals surface area contributed by atoms with E-state index >= 15 is 0 Å². The summed E-state index contributed by atoms with van der Waals surface area (Å²) in [6, 6.07) is 12.0. The average molecular weight is 524 g/mol. The van der Waals surface area contributed by atoms with Crippen molar-refractivity contribution in [2.45, 2.75) is 43.9 Å². The lowest BCUT2D eigenvalue weighted by molar-refractivity contribution is 0.102. The molecular weight excluding hydrogens is 490 g/mol. The maximum atomic E-state index is 12.9. The molecule has 0 spiro atoms. The van der Waals surface area contributed by atoms with Gasteiger partial charge in [-0.3, -0.25) is 4.79 Å². The molecule has 1 aliphatic heterocycles. The number of benzene rings is 2. The van der Waals surface area contributed by atoms with Gasteiger partial charge in [0.25, 0.3) is 5.91 Å². The summed E-state index contributed by atoms with van der Waals surface area (Å²) in [4.78, 5) is 13.1. The molecule has 0 atom stereocenters. The number of carbonyl (C=O) groups is 1. The Morgan fingerprint density at radius 3 is 2.29 bits per heavy atom. The van der Waals surface area contributed by atoms with Gasteiger partial charge < -0.3 is 14.8 Å². The number of sulfone groups is 1. The van der Waals surface area contributed by atoms with Crippen molar-refractivity contribution >= 4 is 31.7 Å². The smallest absolute Gasteiger partial charge is 0.370 e. The van der Waals surface area contributed by atoms with Gasteiger partial charge in [-0.05, 0) is 42.8 Å². The van der Waals surface area contributed by atoms with Gasteiger partial charge >= 0.3 is 10.3 Å². The van der Waals surface area contributed by atoms with Crippen molar-refractivity contribution in [1.29, 1.82) is 0 Å². The number of hydrogen-bond acceptors (Lipinski definition) is 7. The van der Waals surface area contributed by atoms with Gasteiger partial charge in [-0.2, -0.15) is 12.7 Å². The molecule has 11 heteroatoms. The summed E-state index contributed by atoms with van der Waals surface area (Å²) in [5.41, 5.74) is 0.437. The maximum absolute atomic E-state index is 12.9. The standard InChI is InChI=1S/C24H33N3O6S2/c1-2-3-4-5-8-19-34(29,30)21-13-11-20(12-14-21)26-24(28)22-9-6-7-10-23(22)33-35(31,32)27-17-15-25-16-18-27/h6-7,9-14,25H,2-5,8,15-19H2,1H3,(H,26,28). The zero-order chi connectivity index (χ0) is 25.3. The number of piperazine rings is 1. The van der Waals surface area contributed by atoms with Gasteiger partial charge in [0.05, 0.1) is 16.2 Å². The molecule has 0 bridgehead atoms. The molecule has 2 aromatic carbocycles. The number of unbranched alkanes of at least 4 members (excludes halogenated alkanes) is 4. The van der Waals surface area contributed by atoms with Crippen molar-refractivity contribution in [3.63, 3.8) is 0 Å². The van der Waals surface area contributed by atoms with Gasteiger partial charge in [-0.25, -0.2) is 8.42 Å². The summed E-state index contributed by atoms with van der Waals surface area (Å²) >= 11 is 0. The van der Waals surface area contributed by atoms with E-state index in [1.54, 1.807) is 12.1 Å². The third-order valence-electron chi connectivity index (χ3n) is 5.71. The lowest BCUT2D eigenvalue weighted by Crippen LogP contribution is -2.47. The molecule has 0 aliphatic carbocycles. The Kier molecular flexibility index (Phi) is 9.67. The van der Waals surface area contributed by atoms with E-state index in [1.165, 1.54) is 40.7 Å². The van der Waals surface area contributed by atoms with Crippen molar-refractivity contribution < 1.29 is 25.8 Å². The van der Waals surface area contributed by atoms with E-state index in [4.69, 9.17) is 4.18 Å². The molecule has 2 N–H and O–H groups in total. The van der Waals surface area contributed by atoms with E-state index in [-0.39, 0.29) is 35.1 Å². The van der Waals surface area contributed by atoms with Gasteiger partial charge in [-0.1, -0.05) is 44.7 Å². The van der Waals surface area contributed by atoms with Crippen LogP contribution in [0.15, 0.2) is 53.4 Å². The largest absolute Gasteiger partial charge is 0.385 e. The molecule has 9 nitrogen and oxygen atoms in total. The summed E-state index contributed by atoms with van der Waals surface area (Å²) in [5.74, 6) is -0.553. The molecule has 35 heavy (non-hydrogen) atoms. The van der Waals surface area contributed by atoms with Crippen LogP contribution in [0.1, 0.15) is 49.4 Å². The van der Waals surface area contributed by atoms with E-state index in [9.17, 15) is 21.6 Å². The van der Waals surface area contributed by atoms with Crippen LogP contribution in [0.2, 0.25) is 0 Å². The van der Waals surface area contributed by atoms with Gasteiger partial charge in [0.1, 0.15) is 0 Å². The van der Waals surface area contributed by atoms with Crippen molar-refractivity contribution in [2.75, 3.05) is 37.2 Å². The van der Waals surface area contributed by atoms with Crippen molar-refractivity contribution in [3.05, 3.63) is 54.1 Å². The van der Waals surface area contributed by atoms with Crippen molar-refractivity contribution in [3.8, 4) is 5.75 Å². The van der Waals surface area contributed by atoms with Crippen LogP contribution in [-0.2, 0) is 20.1 Å². The zero-order valence-electron chi connectivity index (χ0n) is 19.9. The number of rotatable bonds is 12. The topological polar surface area (TPSA) is 122 Å². The molecular formula is C24H33N3O6S2. The number of para-hydroxylation sites is 1. The van der Waals surface area contributed by atoms with Gasteiger partial charge in [-0.15, -0.1) is 0 Å². The van der Waals surface area contributed by atoms with E-state index in [0.29, 0.717) is 25.2 Å². The fourth-order valence-electron chi connectivity index (χ4n) is 3.72. The molecule has 0 unspecified atom stereocenters. The quantitative estimate of drug-likeness (QED) is 0.410. The number of nitrogens with one attached hydrogen (secondary N) is 2. The predicted octanol–water partition coefficient (Wildman–Crippen LogP) is 3.21. The van der Waals surface area contributed by atoms with E-state index in [1.807, 2.05) is 0 Å². The summed E-state index contributed by atoms with van der Waals surface area (Å²) < 4.78 is 56.9. The molecule has 1 amide bonds. The lowest BCUT2D eigenvalue weighted by Gasteiger charge is -2.26. The Labute approximate surface area is 208 Å². The van der Waals surface area contributed by atoms with Crippen LogP contribution in [-0.4, -0.2) is 59.0 Å². The maximum Gasteiger partial charge on any atom is 0.385 e. The molecule has 1 fully saturated rings. The summed E-state index contributed by atoms with van der Waals surface area (Å²) in [6.45, 7) is 3.72. The highest BCUT2D eigenvalue weighted by Gasteiger charge is 2.27. The van der Waals surface area contributed by atoms with Crippen LogP contribution in [0.4, 0.5) is 5.69 Å². The minimum Gasteiger partial charge on any atom is -0.370 e. The minimum absolute atomic E-state index is 0.0509. The number of hydrogen-bond donors (Lipinski definition) is 2. The molecule has 192 valence electrons. The Balaban J connectivity index is 1.65. The highest BCUT2D eigenvalue weighted by atomic mass is 32.2. The first kappa shape index (κ1) is 27.1. The van der Waals surface area contributed by atoms with Crippen LogP contribution in [0.3, 0.4) is 0 Å². The zero-order valence-corrected chi connectivity index (χ0v) is 21.5. The third kappa shape index (κ3) is 7.76. The van der Waals surface area contributed by atoms with Crippen molar-refractivity contribution in [2.24, 2.45) is 0 Å².